The molecule has 7 heteroatoms. The van der Waals surface area contributed by atoms with Crippen LogP contribution in [0.1, 0.15) is 33.6 Å². The lowest BCUT2D eigenvalue weighted by Gasteiger charge is -2.28. The van der Waals surface area contributed by atoms with E-state index in [0.717, 1.165) is 23.3 Å². The van der Waals surface area contributed by atoms with Gasteiger partial charge in [-0.2, -0.15) is 0 Å². The van der Waals surface area contributed by atoms with Crippen molar-refractivity contribution in [2.24, 2.45) is 0 Å². The summed E-state index contributed by atoms with van der Waals surface area (Å²) in [5.74, 6) is 0.562. The van der Waals surface area contributed by atoms with E-state index in [-0.39, 0.29) is 24.4 Å². The molecule has 0 unspecified atom stereocenters. The second-order valence-corrected chi connectivity index (χ2v) is 9.05. The normalized spacial score (nSPS) is 12.8. The van der Waals surface area contributed by atoms with E-state index in [4.69, 9.17) is 9.47 Å². The molecule has 0 spiro atoms. The van der Waals surface area contributed by atoms with Crippen molar-refractivity contribution in [1.82, 2.24) is 9.80 Å². The lowest BCUT2D eigenvalue weighted by Crippen LogP contribution is -2.43. The summed E-state index contributed by atoms with van der Waals surface area (Å²) in [5, 5.41) is 2.01. The zero-order chi connectivity index (χ0) is 23.2. The predicted octanol–water partition coefficient (Wildman–Crippen LogP) is 4.60. The molecular weight excluding hydrogens is 436 g/mol. The average Bonchev–Trinajstić information content (AvgIpc) is 3.56. The SMILES string of the molecule is COc1cccc(OC)c1C(=O)N(CC(=O)N(Cc1ccccc1)Cc1cccs1)C1CC1. The van der Waals surface area contributed by atoms with E-state index in [9.17, 15) is 9.59 Å². The van der Waals surface area contributed by atoms with E-state index in [2.05, 4.69) is 0 Å². The van der Waals surface area contributed by atoms with Crippen LogP contribution in [-0.2, 0) is 17.9 Å². The van der Waals surface area contributed by atoms with Crippen LogP contribution in [0.15, 0.2) is 66.0 Å². The van der Waals surface area contributed by atoms with Crippen molar-refractivity contribution in [2.75, 3.05) is 20.8 Å². The minimum absolute atomic E-state index is 0.0168. The highest BCUT2D eigenvalue weighted by Crippen LogP contribution is 2.34. The molecule has 2 amide bonds. The Morgan fingerprint density at radius 1 is 0.909 bits per heavy atom. The molecule has 172 valence electrons. The Kier molecular flexibility index (Phi) is 7.29. The van der Waals surface area contributed by atoms with E-state index < -0.39 is 0 Å². The summed E-state index contributed by atoms with van der Waals surface area (Å²) in [5.41, 5.74) is 1.41. The Balaban J connectivity index is 1.58. The first-order valence-corrected chi connectivity index (χ1v) is 11.8. The molecule has 1 saturated carbocycles. The molecule has 0 aliphatic heterocycles. The lowest BCUT2D eigenvalue weighted by molar-refractivity contribution is -0.133. The van der Waals surface area contributed by atoms with Crippen LogP contribution in [0.5, 0.6) is 11.5 Å². The summed E-state index contributed by atoms with van der Waals surface area (Å²) in [6.45, 7) is 1.02. The number of carbonyl (C=O) groups excluding carboxylic acids is 2. The lowest BCUT2D eigenvalue weighted by atomic mass is 10.1. The van der Waals surface area contributed by atoms with Gasteiger partial charge in [0.2, 0.25) is 5.91 Å². The zero-order valence-electron chi connectivity index (χ0n) is 18.9. The largest absolute Gasteiger partial charge is 0.496 e. The van der Waals surface area contributed by atoms with Gasteiger partial charge in [0.15, 0.2) is 0 Å². The molecule has 0 bridgehead atoms. The van der Waals surface area contributed by atoms with Gasteiger partial charge in [0, 0.05) is 17.5 Å². The summed E-state index contributed by atoms with van der Waals surface area (Å²) in [6, 6.07) is 19.2. The van der Waals surface area contributed by atoms with E-state index in [1.54, 1.807) is 34.4 Å². The molecule has 1 heterocycles. The molecule has 2 aromatic carbocycles. The number of amides is 2. The quantitative estimate of drug-likeness (QED) is 0.440. The first-order chi connectivity index (χ1) is 16.1. The van der Waals surface area contributed by atoms with Crippen molar-refractivity contribution in [1.29, 1.82) is 0 Å². The maximum atomic E-state index is 13.6. The highest BCUT2D eigenvalue weighted by molar-refractivity contribution is 7.09. The third-order valence-corrected chi connectivity index (χ3v) is 6.55. The molecule has 3 aromatic rings. The van der Waals surface area contributed by atoms with Gasteiger partial charge in [-0.3, -0.25) is 9.59 Å². The van der Waals surface area contributed by atoms with Crippen molar-refractivity contribution in [3.63, 3.8) is 0 Å². The predicted molar refractivity (Wildman–Crippen MR) is 129 cm³/mol. The zero-order valence-corrected chi connectivity index (χ0v) is 19.7. The molecule has 0 N–H and O–H groups in total. The Morgan fingerprint density at radius 2 is 1.61 bits per heavy atom. The summed E-state index contributed by atoms with van der Waals surface area (Å²) < 4.78 is 10.9. The third-order valence-electron chi connectivity index (χ3n) is 5.69. The first-order valence-electron chi connectivity index (χ1n) is 11.0. The van der Waals surface area contributed by atoms with E-state index in [0.29, 0.717) is 30.2 Å². The number of methoxy groups -OCH3 is 2. The summed E-state index contributed by atoms with van der Waals surface area (Å²) >= 11 is 1.62. The minimum atomic E-state index is -0.240. The number of nitrogens with zero attached hydrogens (tertiary/aromatic N) is 2. The van der Waals surface area contributed by atoms with Crippen molar-refractivity contribution in [3.8, 4) is 11.5 Å². The van der Waals surface area contributed by atoms with Gasteiger partial charge in [-0.25, -0.2) is 0 Å². The van der Waals surface area contributed by atoms with Crippen LogP contribution in [0.4, 0.5) is 0 Å². The molecule has 1 aliphatic rings. The second-order valence-electron chi connectivity index (χ2n) is 8.02. The van der Waals surface area contributed by atoms with E-state index in [1.165, 1.54) is 14.2 Å². The van der Waals surface area contributed by atoms with Gasteiger partial charge in [-0.1, -0.05) is 42.5 Å². The Labute approximate surface area is 198 Å². The van der Waals surface area contributed by atoms with Crippen LogP contribution in [0.2, 0.25) is 0 Å². The number of ether oxygens (including phenoxy) is 2. The highest BCUT2D eigenvalue weighted by atomic mass is 32.1. The monoisotopic (exact) mass is 464 g/mol. The van der Waals surface area contributed by atoms with Gasteiger partial charge in [0.25, 0.3) is 5.91 Å². The van der Waals surface area contributed by atoms with Crippen molar-refractivity contribution in [3.05, 3.63) is 82.0 Å². The minimum Gasteiger partial charge on any atom is -0.496 e. The van der Waals surface area contributed by atoms with E-state index in [1.807, 2.05) is 52.7 Å². The Hall–Kier alpha value is -3.32. The summed E-state index contributed by atoms with van der Waals surface area (Å²) in [6.07, 6.45) is 1.78. The molecule has 0 atom stereocenters. The molecule has 0 saturated heterocycles. The van der Waals surface area contributed by atoms with Gasteiger partial charge < -0.3 is 19.3 Å². The van der Waals surface area contributed by atoms with Crippen LogP contribution in [0.25, 0.3) is 0 Å². The number of hydrogen-bond donors (Lipinski definition) is 0. The van der Waals surface area contributed by atoms with E-state index >= 15 is 0 Å². The smallest absolute Gasteiger partial charge is 0.262 e. The number of hydrogen-bond acceptors (Lipinski definition) is 5. The second kappa shape index (κ2) is 10.5. The first kappa shape index (κ1) is 22.9. The molecule has 4 rings (SSSR count). The molecule has 1 fully saturated rings. The maximum Gasteiger partial charge on any atom is 0.262 e. The average molecular weight is 465 g/mol. The summed E-state index contributed by atoms with van der Waals surface area (Å²) in [4.78, 5) is 31.8. The topological polar surface area (TPSA) is 59.1 Å². The van der Waals surface area contributed by atoms with Crippen molar-refractivity contribution >= 4 is 23.2 Å². The molecule has 1 aliphatic carbocycles. The fourth-order valence-corrected chi connectivity index (χ4v) is 4.55. The van der Waals surface area contributed by atoms with Crippen molar-refractivity contribution < 1.29 is 19.1 Å². The molecule has 0 radical (unpaired) electrons. The number of thiophene rings is 1. The molecule has 33 heavy (non-hydrogen) atoms. The highest BCUT2D eigenvalue weighted by Gasteiger charge is 2.37. The standard InChI is InChI=1S/C26H28N2O4S/c1-31-22-11-6-12-23(32-2)25(22)26(30)28(20-13-14-20)18-24(29)27(17-21-10-7-15-33-21)16-19-8-4-3-5-9-19/h3-12,15,20H,13-14,16-18H2,1-2H3. The van der Waals surface area contributed by atoms with Gasteiger partial charge in [0.05, 0.1) is 20.8 Å². The number of rotatable bonds is 10. The molecule has 6 nitrogen and oxygen atoms in total. The van der Waals surface area contributed by atoms with Gasteiger partial charge >= 0.3 is 0 Å². The van der Waals surface area contributed by atoms with Gasteiger partial charge in [-0.05, 0) is 42.0 Å². The Bertz CT molecular complexity index is 1060. The number of benzene rings is 2. The van der Waals surface area contributed by atoms with Crippen molar-refractivity contribution in [2.45, 2.75) is 32.0 Å². The maximum absolute atomic E-state index is 13.6. The van der Waals surface area contributed by atoms with Crippen LogP contribution < -0.4 is 9.47 Å². The van der Waals surface area contributed by atoms with Gasteiger partial charge in [0.1, 0.15) is 23.6 Å². The number of carbonyl (C=O) groups is 2. The van der Waals surface area contributed by atoms with Crippen LogP contribution in [0.3, 0.4) is 0 Å². The van der Waals surface area contributed by atoms with Gasteiger partial charge in [-0.15, -0.1) is 11.3 Å². The third kappa shape index (κ3) is 5.54. The fourth-order valence-electron chi connectivity index (χ4n) is 3.83. The molecule has 1 aromatic heterocycles. The van der Waals surface area contributed by atoms with Crippen LogP contribution in [-0.4, -0.2) is 48.4 Å². The van der Waals surface area contributed by atoms with Crippen LogP contribution in [0, 0.1) is 0 Å². The summed E-state index contributed by atoms with van der Waals surface area (Å²) in [7, 11) is 3.06. The molecular formula is C26H28N2O4S. The van der Waals surface area contributed by atoms with Crippen LogP contribution >= 0.6 is 11.3 Å². The Morgan fingerprint density at radius 3 is 2.18 bits per heavy atom. The fraction of sp³-hybridized carbons (Fsp3) is 0.308.